The van der Waals surface area contributed by atoms with Gasteiger partial charge in [0.2, 0.25) is 0 Å². The van der Waals surface area contributed by atoms with Crippen LogP contribution in [0.2, 0.25) is 0 Å². The van der Waals surface area contributed by atoms with Gasteiger partial charge in [0.05, 0.1) is 7.11 Å². The number of nitrogens with one attached hydrogen (secondary N) is 1. The molecule has 0 radical (unpaired) electrons. The van der Waals surface area contributed by atoms with E-state index in [0.717, 1.165) is 0 Å². The fourth-order valence-corrected chi connectivity index (χ4v) is 0.914. The molecule has 0 aromatic carbocycles. The maximum atomic E-state index is 11.5. The predicted molar refractivity (Wildman–Crippen MR) is 55.3 cm³/mol. The van der Waals surface area contributed by atoms with Crippen molar-refractivity contribution in [1.29, 1.82) is 0 Å². The van der Waals surface area contributed by atoms with E-state index in [9.17, 15) is 9.59 Å². The lowest BCUT2D eigenvalue weighted by molar-refractivity contribution is -0.145. The maximum Gasteiger partial charge on any atom is 0.407 e. The molecule has 0 aliphatic carbocycles. The van der Waals surface area contributed by atoms with E-state index in [4.69, 9.17) is 4.74 Å². The molecule has 5 nitrogen and oxygen atoms in total. The number of carbonyl (C=O) groups excluding carboxylic acids is 2. The molecule has 0 bridgehead atoms. The highest BCUT2D eigenvalue weighted by Gasteiger charge is 2.25. The van der Waals surface area contributed by atoms with Crippen molar-refractivity contribution in [3.8, 4) is 0 Å². The third-order valence-electron chi connectivity index (χ3n) is 1.72. The van der Waals surface area contributed by atoms with Crippen LogP contribution in [-0.4, -0.2) is 31.8 Å². The molecule has 1 N–H and O–H groups in total. The highest BCUT2D eigenvalue weighted by molar-refractivity contribution is 5.81. The Hall–Kier alpha value is -1.52. The van der Waals surface area contributed by atoms with E-state index in [1.165, 1.54) is 13.2 Å². The number of rotatable bonds is 5. The lowest BCUT2D eigenvalue weighted by Gasteiger charge is -2.19. The molecular formula is C10H17NO4. The Labute approximate surface area is 89.4 Å². The average molecular weight is 215 g/mol. The Bertz CT molecular complexity index is 238. The molecule has 86 valence electrons. The van der Waals surface area contributed by atoms with Gasteiger partial charge in [-0.3, -0.25) is 0 Å². The minimum Gasteiger partial charge on any atom is -0.460 e. The Morgan fingerprint density at radius 1 is 1.47 bits per heavy atom. The molecule has 5 heteroatoms. The number of esters is 1. The van der Waals surface area contributed by atoms with Crippen LogP contribution >= 0.6 is 0 Å². The third-order valence-corrected chi connectivity index (χ3v) is 1.72. The summed E-state index contributed by atoms with van der Waals surface area (Å²) >= 11 is 0. The third kappa shape index (κ3) is 5.05. The molecule has 0 aliphatic heterocycles. The predicted octanol–water partition coefficient (Wildman–Crippen LogP) is 1.10. The smallest absolute Gasteiger partial charge is 0.407 e. The average Bonchev–Trinajstić information content (AvgIpc) is 2.21. The number of ether oxygens (including phenoxy) is 2. The first-order valence-corrected chi connectivity index (χ1v) is 4.65. The fraction of sp³-hybridized carbons (Fsp3) is 0.600. The van der Waals surface area contributed by atoms with Crippen LogP contribution in [0.5, 0.6) is 0 Å². The van der Waals surface area contributed by atoms with Gasteiger partial charge in [-0.05, 0) is 5.92 Å². The van der Waals surface area contributed by atoms with Crippen LogP contribution in [0.1, 0.15) is 13.8 Å². The zero-order chi connectivity index (χ0) is 11.8. The molecule has 0 saturated carbocycles. The summed E-state index contributed by atoms with van der Waals surface area (Å²) in [5.74, 6) is -0.559. The van der Waals surface area contributed by atoms with Crippen molar-refractivity contribution < 1.29 is 19.1 Å². The first-order chi connectivity index (χ1) is 7.02. The summed E-state index contributed by atoms with van der Waals surface area (Å²) in [7, 11) is 1.24. The SMILES string of the molecule is C=CCOC(=O)C(NC(=O)OC)C(C)C. The zero-order valence-corrected chi connectivity index (χ0v) is 9.28. The number of carbonyl (C=O) groups is 2. The molecule has 0 spiro atoms. The topological polar surface area (TPSA) is 64.6 Å². The van der Waals surface area contributed by atoms with Gasteiger partial charge in [-0.2, -0.15) is 0 Å². The summed E-state index contributed by atoms with van der Waals surface area (Å²) < 4.78 is 9.24. The minimum absolute atomic E-state index is 0.0681. The molecule has 0 aromatic heterocycles. The number of methoxy groups -OCH3 is 1. The first kappa shape index (κ1) is 13.5. The van der Waals surface area contributed by atoms with E-state index >= 15 is 0 Å². The molecule has 0 heterocycles. The second kappa shape index (κ2) is 6.86. The van der Waals surface area contributed by atoms with Gasteiger partial charge >= 0.3 is 12.1 Å². The molecule has 1 unspecified atom stereocenters. The van der Waals surface area contributed by atoms with Crippen molar-refractivity contribution in [3.63, 3.8) is 0 Å². The van der Waals surface area contributed by atoms with Crippen LogP contribution in [0.15, 0.2) is 12.7 Å². The standard InChI is InChI=1S/C10H17NO4/c1-5-6-15-9(12)8(7(2)3)11-10(13)14-4/h5,7-8H,1,6H2,2-4H3,(H,11,13). The largest absolute Gasteiger partial charge is 0.460 e. The Morgan fingerprint density at radius 2 is 2.07 bits per heavy atom. The summed E-state index contributed by atoms with van der Waals surface area (Å²) in [6.45, 7) is 7.16. The van der Waals surface area contributed by atoms with Gasteiger partial charge in [-0.1, -0.05) is 26.5 Å². The lowest BCUT2D eigenvalue weighted by Crippen LogP contribution is -2.45. The molecule has 0 fully saturated rings. The van der Waals surface area contributed by atoms with Crippen LogP contribution < -0.4 is 5.32 Å². The molecule has 0 aromatic rings. The van der Waals surface area contributed by atoms with E-state index in [0.29, 0.717) is 0 Å². The first-order valence-electron chi connectivity index (χ1n) is 4.65. The van der Waals surface area contributed by atoms with Gasteiger partial charge in [0.25, 0.3) is 0 Å². The molecular weight excluding hydrogens is 198 g/mol. The van der Waals surface area contributed by atoms with Crippen molar-refractivity contribution in [2.45, 2.75) is 19.9 Å². The minimum atomic E-state index is -0.697. The summed E-state index contributed by atoms with van der Waals surface area (Å²) in [6.07, 6.45) is 0.817. The van der Waals surface area contributed by atoms with Crippen molar-refractivity contribution in [1.82, 2.24) is 5.32 Å². The number of hydrogen-bond acceptors (Lipinski definition) is 4. The van der Waals surface area contributed by atoms with Gasteiger partial charge in [-0.15, -0.1) is 0 Å². The van der Waals surface area contributed by atoms with Crippen molar-refractivity contribution in [3.05, 3.63) is 12.7 Å². The molecule has 0 saturated heterocycles. The quantitative estimate of drug-likeness (QED) is 0.551. The summed E-state index contributed by atoms with van der Waals surface area (Å²) in [5.41, 5.74) is 0. The highest BCUT2D eigenvalue weighted by atomic mass is 16.5. The number of alkyl carbamates (subject to hydrolysis) is 1. The fourth-order valence-electron chi connectivity index (χ4n) is 0.914. The number of amides is 1. The van der Waals surface area contributed by atoms with E-state index in [2.05, 4.69) is 16.6 Å². The van der Waals surface area contributed by atoms with Gasteiger partial charge in [-0.25, -0.2) is 9.59 Å². The zero-order valence-electron chi connectivity index (χ0n) is 9.28. The highest BCUT2D eigenvalue weighted by Crippen LogP contribution is 2.04. The van der Waals surface area contributed by atoms with Crippen molar-refractivity contribution in [2.75, 3.05) is 13.7 Å². The molecule has 0 rings (SSSR count). The Balaban J connectivity index is 4.31. The van der Waals surface area contributed by atoms with E-state index in [1.54, 1.807) is 13.8 Å². The van der Waals surface area contributed by atoms with Gasteiger partial charge < -0.3 is 14.8 Å². The second-order valence-corrected chi connectivity index (χ2v) is 3.28. The molecule has 15 heavy (non-hydrogen) atoms. The molecule has 1 atom stereocenters. The van der Waals surface area contributed by atoms with Crippen LogP contribution in [0.4, 0.5) is 4.79 Å². The van der Waals surface area contributed by atoms with E-state index in [-0.39, 0.29) is 12.5 Å². The van der Waals surface area contributed by atoms with Crippen LogP contribution in [-0.2, 0) is 14.3 Å². The van der Waals surface area contributed by atoms with E-state index in [1.807, 2.05) is 0 Å². The maximum absolute atomic E-state index is 11.5. The normalized spacial score (nSPS) is 11.7. The van der Waals surface area contributed by atoms with Gasteiger partial charge in [0, 0.05) is 0 Å². The second-order valence-electron chi connectivity index (χ2n) is 3.28. The molecule has 1 amide bonds. The van der Waals surface area contributed by atoms with Gasteiger partial charge in [0.1, 0.15) is 12.6 Å². The van der Waals surface area contributed by atoms with Crippen LogP contribution in [0, 0.1) is 5.92 Å². The Kier molecular flexibility index (Phi) is 6.17. The Morgan fingerprint density at radius 3 is 2.47 bits per heavy atom. The van der Waals surface area contributed by atoms with Crippen LogP contribution in [0.25, 0.3) is 0 Å². The van der Waals surface area contributed by atoms with Gasteiger partial charge in [0.15, 0.2) is 0 Å². The number of hydrogen-bond donors (Lipinski definition) is 1. The lowest BCUT2D eigenvalue weighted by atomic mass is 10.1. The van der Waals surface area contributed by atoms with Crippen molar-refractivity contribution in [2.24, 2.45) is 5.92 Å². The van der Waals surface area contributed by atoms with Crippen molar-refractivity contribution >= 4 is 12.1 Å². The summed E-state index contributed by atoms with van der Waals surface area (Å²) in [5, 5.41) is 2.40. The van der Waals surface area contributed by atoms with E-state index < -0.39 is 18.1 Å². The summed E-state index contributed by atoms with van der Waals surface area (Å²) in [6, 6.07) is -0.697. The monoisotopic (exact) mass is 215 g/mol. The van der Waals surface area contributed by atoms with Crippen LogP contribution in [0.3, 0.4) is 0 Å². The summed E-state index contributed by atoms with van der Waals surface area (Å²) in [4.78, 5) is 22.4. The molecule has 0 aliphatic rings.